The summed E-state index contributed by atoms with van der Waals surface area (Å²) in [5.74, 6) is -0.947. The molecule has 62 heavy (non-hydrogen) atoms. The zero-order valence-corrected chi connectivity index (χ0v) is 40.1. The fourth-order valence-corrected chi connectivity index (χ4v) is 6.65. The Labute approximate surface area is 381 Å². The average molecular weight is 861 g/mol. The van der Waals surface area contributed by atoms with Crippen molar-refractivity contribution in [2.75, 3.05) is 13.2 Å². The zero-order valence-electron chi connectivity index (χ0n) is 40.1. The molecule has 0 radical (unpaired) electrons. The van der Waals surface area contributed by atoms with E-state index in [0.717, 1.165) is 135 Å². The summed E-state index contributed by atoms with van der Waals surface area (Å²) in [5.41, 5.74) is 0. The third kappa shape index (κ3) is 47.4. The molecule has 6 nitrogen and oxygen atoms in total. The predicted octanol–water partition coefficient (Wildman–Crippen LogP) is 16.6. The van der Waals surface area contributed by atoms with Crippen molar-refractivity contribution >= 4 is 17.9 Å². The van der Waals surface area contributed by atoms with Crippen molar-refractivity contribution in [1.82, 2.24) is 0 Å². The Morgan fingerprint density at radius 2 is 0.694 bits per heavy atom. The van der Waals surface area contributed by atoms with Gasteiger partial charge in [-0.2, -0.15) is 0 Å². The highest BCUT2D eigenvalue weighted by molar-refractivity contribution is 5.71. The lowest BCUT2D eigenvalue weighted by atomic mass is 10.1. The van der Waals surface area contributed by atoms with Crippen molar-refractivity contribution in [3.63, 3.8) is 0 Å². The van der Waals surface area contributed by atoms with Crippen molar-refractivity contribution in [3.8, 4) is 0 Å². The van der Waals surface area contributed by atoms with Gasteiger partial charge in [0.2, 0.25) is 0 Å². The van der Waals surface area contributed by atoms with E-state index in [-0.39, 0.29) is 31.1 Å². The van der Waals surface area contributed by atoms with E-state index in [0.29, 0.717) is 19.3 Å². The maximum atomic E-state index is 12.8. The number of allylic oxidation sites excluding steroid dienone is 16. The van der Waals surface area contributed by atoms with Gasteiger partial charge in [-0.05, 0) is 96.3 Å². The summed E-state index contributed by atoms with van der Waals surface area (Å²) in [4.78, 5) is 37.9. The molecular weight excluding hydrogens is 769 g/mol. The van der Waals surface area contributed by atoms with Gasteiger partial charge in [-0.3, -0.25) is 14.4 Å². The number of ether oxygens (including phenoxy) is 3. The van der Waals surface area contributed by atoms with Crippen LogP contribution in [-0.2, 0) is 28.6 Å². The van der Waals surface area contributed by atoms with E-state index >= 15 is 0 Å². The summed E-state index contributed by atoms with van der Waals surface area (Å²) in [6.07, 6.45) is 65.3. The van der Waals surface area contributed by atoms with Crippen LogP contribution in [0.1, 0.15) is 220 Å². The van der Waals surface area contributed by atoms with Gasteiger partial charge >= 0.3 is 17.9 Å². The highest BCUT2D eigenvalue weighted by Gasteiger charge is 2.19. The normalized spacial score (nSPS) is 12.9. The highest BCUT2D eigenvalue weighted by Crippen LogP contribution is 2.14. The standard InChI is InChI=1S/C56H92O6/c1-4-7-10-13-16-19-22-25-27-28-29-30-32-34-37-40-43-46-49-55(58)61-52-53(51-60-54(57)48-45-42-39-36-33-24-21-18-15-12-9-6-3)62-56(59)50-47-44-41-38-35-31-26-23-20-17-14-11-8-5-2/h8-9,11-12,16-22,25,27-30,53H,4-7,10,13-15,23-24,26,31-52H2,1-3H3/b11-8-,12-9-,19-16-,20-17-,21-18-,25-22-,28-27-,30-29-. The van der Waals surface area contributed by atoms with Gasteiger partial charge in [0.25, 0.3) is 0 Å². The molecule has 0 saturated heterocycles. The minimum absolute atomic E-state index is 0.0975. The molecule has 0 aliphatic rings. The second kappa shape index (κ2) is 50.0. The van der Waals surface area contributed by atoms with Gasteiger partial charge in [-0.1, -0.05) is 201 Å². The Morgan fingerprint density at radius 3 is 1.11 bits per heavy atom. The molecule has 0 bridgehead atoms. The van der Waals surface area contributed by atoms with Gasteiger partial charge in [-0.25, -0.2) is 0 Å². The topological polar surface area (TPSA) is 78.9 Å². The minimum atomic E-state index is -0.797. The van der Waals surface area contributed by atoms with E-state index in [2.05, 4.69) is 118 Å². The van der Waals surface area contributed by atoms with Gasteiger partial charge in [0, 0.05) is 19.3 Å². The third-order valence-corrected chi connectivity index (χ3v) is 10.4. The first-order chi connectivity index (χ1) is 30.5. The molecule has 0 N–H and O–H groups in total. The first-order valence-corrected chi connectivity index (χ1v) is 25.3. The van der Waals surface area contributed by atoms with E-state index < -0.39 is 6.10 Å². The molecule has 0 aliphatic heterocycles. The molecule has 0 aromatic rings. The maximum absolute atomic E-state index is 12.8. The van der Waals surface area contributed by atoms with Crippen LogP contribution in [-0.4, -0.2) is 37.2 Å². The minimum Gasteiger partial charge on any atom is -0.462 e. The number of carbonyl (C=O) groups is 3. The highest BCUT2D eigenvalue weighted by atomic mass is 16.6. The number of hydrogen-bond donors (Lipinski definition) is 0. The van der Waals surface area contributed by atoms with E-state index in [1.807, 2.05) is 0 Å². The van der Waals surface area contributed by atoms with Crippen LogP contribution in [0, 0.1) is 0 Å². The number of carbonyl (C=O) groups excluding carboxylic acids is 3. The summed E-state index contributed by atoms with van der Waals surface area (Å²) in [7, 11) is 0. The lowest BCUT2D eigenvalue weighted by Crippen LogP contribution is -2.30. The zero-order chi connectivity index (χ0) is 45.1. The lowest BCUT2D eigenvalue weighted by Gasteiger charge is -2.18. The summed E-state index contributed by atoms with van der Waals surface area (Å²) in [6.45, 7) is 6.33. The largest absolute Gasteiger partial charge is 0.462 e. The second-order valence-corrected chi connectivity index (χ2v) is 16.4. The Balaban J connectivity index is 4.46. The Kier molecular flexibility index (Phi) is 47.0. The van der Waals surface area contributed by atoms with Crippen molar-refractivity contribution in [3.05, 3.63) is 97.2 Å². The number of esters is 3. The van der Waals surface area contributed by atoms with Gasteiger partial charge in [0.15, 0.2) is 6.10 Å². The molecule has 0 fully saturated rings. The number of rotatable bonds is 44. The van der Waals surface area contributed by atoms with Gasteiger partial charge in [0.1, 0.15) is 13.2 Å². The van der Waals surface area contributed by atoms with Gasteiger partial charge in [0.05, 0.1) is 0 Å². The van der Waals surface area contributed by atoms with Crippen LogP contribution >= 0.6 is 0 Å². The van der Waals surface area contributed by atoms with Crippen LogP contribution in [0.5, 0.6) is 0 Å². The Bertz CT molecular complexity index is 1260. The molecule has 1 atom stereocenters. The van der Waals surface area contributed by atoms with Crippen molar-refractivity contribution < 1.29 is 28.6 Å². The third-order valence-electron chi connectivity index (χ3n) is 10.4. The van der Waals surface area contributed by atoms with Crippen molar-refractivity contribution in [2.45, 2.75) is 226 Å². The summed E-state index contributed by atoms with van der Waals surface area (Å²) in [5, 5.41) is 0. The van der Waals surface area contributed by atoms with Crippen LogP contribution in [0.15, 0.2) is 97.2 Å². The van der Waals surface area contributed by atoms with Crippen LogP contribution in [0.3, 0.4) is 0 Å². The van der Waals surface area contributed by atoms with E-state index in [1.165, 1.54) is 44.9 Å². The fourth-order valence-electron chi connectivity index (χ4n) is 6.65. The monoisotopic (exact) mass is 861 g/mol. The van der Waals surface area contributed by atoms with Crippen molar-refractivity contribution in [2.24, 2.45) is 0 Å². The van der Waals surface area contributed by atoms with E-state index in [1.54, 1.807) is 0 Å². The number of hydrogen-bond acceptors (Lipinski definition) is 6. The number of unbranched alkanes of at least 4 members (excludes halogenated alkanes) is 20. The maximum Gasteiger partial charge on any atom is 0.306 e. The summed E-state index contributed by atoms with van der Waals surface area (Å²) in [6, 6.07) is 0. The quantitative estimate of drug-likeness (QED) is 0.0200. The molecule has 0 saturated carbocycles. The van der Waals surface area contributed by atoms with Crippen LogP contribution < -0.4 is 0 Å². The van der Waals surface area contributed by atoms with Crippen LogP contribution in [0.2, 0.25) is 0 Å². The molecular formula is C56H92O6. The van der Waals surface area contributed by atoms with E-state index in [4.69, 9.17) is 14.2 Å². The molecule has 0 spiro atoms. The molecule has 352 valence electrons. The molecule has 6 heteroatoms. The van der Waals surface area contributed by atoms with Gasteiger partial charge in [-0.15, -0.1) is 0 Å². The van der Waals surface area contributed by atoms with Crippen molar-refractivity contribution in [1.29, 1.82) is 0 Å². The van der Waals surface area contributed by atoms with Gasteiger partial charge < -0.3 is 14.2 Å². The fraction of sp³-hybridized carbons (Fsp3) is 0.661. The second-order valence-electron chi connectivity index (χ2n) is 16.4. The average Bonchev–Trinajstić information content (AvgIpc) is 3.27. The summed E-state index contributed by atoms with van der Waals surface area (Å²) < 4.78 is 16.7. The summed E-state index contributed by atoms with van der Waals surface area (Å²) >= 11 is 0. The van der Waals surface area contributed by atoms with Crippen LogP contribution in [0.25, 0.3) is 0 Å². The molecule has 0 aromatic carbocycles. The molecule has 0 rings (SSSR count). The molecule has 0 amide bonds. The first kappa shape index (κ1) is 58.3. The molecule has 1 unspecified atom stereocenters. The lowest BCUT2D eigenvalue weighted by molar-refractivity contribution is -0.167. The Hall–Kier alpha value is -3.67. The Morgan fingerprint density at radius 1 is 0.355 bits per heavy atom. The van der Waals surface area contributed by atoms with E-state index in [9.17, 15) is 14.4 Å². The molecule has 0 heterocycles. The van der Waals surface area contributed by atoms with Crippen LogP contribution in [0.4, 0.5) is 0 Å². The smallest absolute Gasteiger partial charge is 0.306 e. The predicted molar refractivity (Wildman–Crippen MR) is 265 cm³/mol. The molecule has 0 aromatic heterocycles. The molecule has 0 aliphatic carbocycles. The first-order valence-electron chi connectivity index (χ1n) is 25.3. The SMILES string of the molecule is CC/C=C\C/C=C\CCCCCCCCCC(=O)OC(COC(=O)CCCCCCC\C=C/C=C\C=C/C=C\CCCCC)COC(=O)CCCCCCC/C=C\C/C=C\CC.